The second-order valence-electron chi connectivity index (χ2n) is 6.84. The van der Waals surface area contributed by atoms with Gasteiger partial charge in [-0.25, -0.2) is 9.59 Å². The van der Waals surface area contributed by atoms with Crippen molar-refractivity contribution in [1.82, 2.24) is 0 Å². The third-order valence-corrected chi connectivity index (χ3v) is 4.50. The molecule has 0 saturated carbocycles. The SMILES string of the molecule is Cc1ccc(NC(=O)c2ccccc2NC=C2C(=O)OC(C)(C)OC2=O)cc1Cl. The lowest BCUT2D eigenvalue weighted by Gasteiger charge is -2.29. The van der Waals surface area contributed by atoms with E-state index in [4.69, 9.17) is 21.1 Å². The maximum atomic E-state index is 12.7. The molecule has 1 fully saturated rings. The fourth-order valence-corrected chi connectivity index (χ4v) is 2.78. The number of amides is 1. The minimum atomic E-state index is -1.32. The third-order valence-electron chi connectivity index (χ3n) is 4.09. The molecule has 2 aromatic rings. The summed E-state index contributed by atoms with van der Waals surface area (Å²) >= 11 is 6.10. The molecule has 0 spiro atoms. The summed E-state index contributed by atoms with van der Waals surface area (Å²) in [5.74, 6) is -3.33. The molecule has 1 amide bonds. The normalized spacial score (nSPS) is 15.2. The van der Waals surface area contributed by atoms with Crippen LogP contribution in [0.15, 0.2) is 54.2 Å². The van der Waals surface area contributed by atoms with E-state index in [1.54, 1.807) is 42.5 Å². The highest BCUT2D eigenvalue weighted by molar-refractivity contribution is 6.31. The highest BCUT2D eigenvalue weighted by Gasteiger charge is 2.39. The van der Waals surface area contributed by atoms with Crippen LogP contribution in [0.1, 0.15) is 29.8 Å². The first-order valence-corrected chi connectivity index (χ1v) is 9.14. The number of aryl methyl sites for hydroxylation is 1. The number of para-hydroxylation sites is 1. The summed E-state index contributed by atoms with van der Waals surface area (Å²) in [6.07, 6.45) is 1.16. The highest BCUT2D eigenvalue weighted by atomic mass is 35.5. The van der Waals surface area contributed by atoms with Gasteiger partial charge in [0.2, 0.25) is 0 Å². The smallest absolute Gasteiger partial charge is 0.350 e. The summed E-state index contributed by atoms with van der Waals surface area (Å²) in [6.45, 7) is 4.79. The van der Waals surface area contributed by atoms with Crippen LogP contribution in [-0.4, -0.2) is 23.6 Å². The number of nitrogens with one attached hydrogen (secondary N) is 2. The van der Waals surface area contributed by atoms with E-state index in [1.165, 1.54) is 13.8 Å². The lowest BCUT2D eigenvalue weighted by Crippen LogP contribution is -2.42. The monoisotopic (exact) mass is 414 g/mol. The molecule has 3 rings (SSSR count). The average Bonchev–Trinajstić information content (AvgIpc) is 2.63. The third kappa shape index (κ3) is 4.75. The van der Waals surface area contributed by atoms with Crippen LogP contribution in [0.25, 0.3) is 0 Å². The van der Waals surface area contributed by atoms with Crippen molar-refractivity contribution in [3.8, 4) is 0 Å². The zero-order valence-corrected chi connectivity index (χ0v) is 16.8. The fourth-order valence-electron chi connectivity index (χ4n) is 2.60. The molecule has 0 unspecified atom stereocenters. The molecule has 0 radical (unpaired) electrons. The van der Waals surface area contributed by atoms with Gasteiger partial charge in [0.25, 0.3) is 11.7 Å². The second-order valence-corrected chi connectivity index (χ2v) is 7.25. The van der Waals surface area contributed by atoms with Gasteiger partial charge < -0.3 is 20.1 Å². The largest absolute Gasteiger partial charge is 0.419 e. The van der Waals surface area contributed by atoms with E-state index in [-0.39, 0.29) is 11.5 Å². The van der Waals surface area contributed by atoms with Gasteiger partial charge in [0, 0.05) is 30.8 Å². The number of esters is 2. The molecule has 2 aromatic carbocycles. The number of anilines is 2. The van der Waals surface area contributed by atoms with Gasteiger partial charge in [-0.1, -0.05) is 29.8 Å². The topological polar surface area (TPSA) is 93.7 Å². The van der Waals surface area contributed by atoms with Crippen LogP contribution in [0.2, 0.25) is 5.02 Å². The van der Waals surface area contributed by atoms with Gasteiger partial charge in [-0.3, -0.25) is 4.79 Å². The number of carbonyl (C=O) groups is 3. The zero-order chi connectivity index (χ0) is 21.2. The highest BCUT2D eigenvalue weighted by Crippen LogP contribution is 2.24. The first-order chi connectivity index (χ1) is 13.7. The van der Waals surface area contributed by atoms with Gasteiger partial charge in [0.15, 0.2) is 5.57 Å². The van der Waals surface area contributed by atoms with Crippen LogP contribution in [0.5, 0.6) is 0 Å². The Labute approximate surface area is 172 Å². The van der Waals surface area contributed by atoms with E-state index in [0.29, 0.717) is 22.0 Å². The standard InChI is InChI=1S/C21H19ClN2O5/c1-12-8-9-13(10-16(12)22)24-18(25)14-6-4-5-7-17(14)23-11-15-19(26)28-21(2,3)29-20(15)27/h4-11,23H,1-3H3,(H,24,25). The summed E-state index contributed by atoms with van der Waals surface area (Å²) in [7, 11) is 0. The van der Waals surface area contributed by atoms with Gasteiger partial charge in [-0.05, 0) is 36.8 Å². The van der Waals surface area contributed by atoms with Crippen molar-refractivity contribution in [1.29, 1.82) is 0 Å². The number of cyclic esters (lactones) is 2. The average molecular weight is 415 g/mol. The Morgan fingerprint density at radius 3 is 2.38 bits per heavy atom. The van der Waals surface area contributed by atoms with Gasteiger partial charge in [-0.2, -0.15) is 0 Å². The number of ether oxygens (including phenoxy) is 2. The molecular weight excluding hydrogens is 396 g/mol. The molecule has 1 aliphatic rings. The summed E-state index contributed by atoms with van der Waals surface area (Å²) < 4.78 is 10.1. The molecule has 2 N–H and O–H groups in total. The zero-order valence-electron chi connectivity index (χ0n) is 16.0. The van der Waals surface area contributed by atoms with Crippen LogP contribution < -0.4 is 10.6 Å². The minimum Gasteiger partial charge on any atom is -0.419 e. The predicted octanol–water partition coefficient (Wildman–Crippen LogP) is 4.03. The van der Waals surface area contributed by atoms with Crippen molar-refractivity contribution in [2.45, 2.75) is 26.6 Å². The van der Waals surface area contributed by atoms with E-state index in [2.05, 4.69) is 10.6 Å². The van der Waals surface area contributed by atoms with Gasteiger partial charge in [0.1, 0.15) is 0 Å². The number of halogens is 1. The van der Waals surface area contributed by atoms with Crippen LogP contribution in [0, 0.1) is 6.92 Å². The summed E-state index contributed by atoms with van der Waals surface area (Å²) in [6, 6.07) is 11.8. The molecular formula is C21H19ClN2O5. The Morgan fingerprint density at radius 1 is 1.07 bits per heavy atom. The van der Waals surface area contributed by atoms with E-state index in [9.17, 15) is 14.4 Å². The number of rotatable bonds is 4. The number of hydrogen-bond acceptors (Lipinski definition) is 6. The quantitative estimate of drug-likeness (QED) is 0.445. The molecule has 0 atom stereocenters. The first kappa shape index (κ1) is 20.4. The Hall–Kier alpha value is -3.32. The van der Waals surface area contributed by atoms with Crippen LogP contribution >= 0.6 is 11.6 Å². The first-order valence-electron chi connectivity index (χ1n) is 8.76. The van der Waals surface area contributed by atoms with Crippen molar-refractivity contribution < 1.29 is 23.9 Å². The Kier molecular flexibility index (Phi) is 5.61. The molecule has 0 aliphatic carbocycles. The molecule has 1 heterocycles. The molecule has 1 saturated heterocycles. The Balaban J connectivity index is 1.80. The predicted molar refractivity (Wildman–Crippen MR) is 109 cm³/mol. The molecule has 0 bridgehead atoms. The van der Waals surface area contributed by atoms with Crippen molar-refractivity contribution in [2.24, 2.45) is 0 Å². The molecule has 150 valence electrons. The van der Waals surface area contributed by atoms with Crippen LogP contribution in [0.4, 0.5) is 11.4 Å². The van der Waals surface area contributed by atoms with Gasteiger partial charge in [-0.15, -0.1) is 0 Å². The Morgan fingerprint density at radius 2 is 1.72 bits per heavy atom. The van der Waals surface area contributed by atoms with Gasteiger partial charge in [0.05, 0.1) is 11.3 Å². The molecule has 0 aromatic heterocycles. The van der Waals surface area contributed by atoms with Crippen molar-refractivity contribution in [3.63, 3.8) is 0 Å². The Bertz CT molecular complexity index is 1010. The lowest BCUT2D eigenvalue weighted by molar-refractivity contribution is -0.222. The maximum absolute atomic E-state index is 12.7. The number of carbonyl (C=O) groups excluding carboxylic acids is 3. The molecule has 7 nitrogen and oxygen atoms in total. The summed E-state index contributed by atoms with van der Waals surface area (Å²) in [5.41, 5.74) is 1.83. The van der Waals surface area contributed by atoms with E-state index in [1.807, 2.05) is 6.92 Å². The van der Waals surface area contributed by atoms with E-state index in [0.717, 1.165) is 11.8 Å². The van der Waals surface area contributed by atoms with Crippen molar-refractivity contribution >= 4 is 40.8 Å². The summed E-state index contributed by atoms with van der Waals surface area (Å²) in [5, 5.41) is 6.11. The maximum Gasteiger partial charge on any atom is 0.350 e. The molecule has 29 heavy (non-hydrogen) atoms. The molecule has 1 aliphatic heterocycles. The van der Waals surface area contributed by atoms with Crippen LogP contribution in [0.3, 0.4) is 0 Å². The number of benzene rings is 2. The second kappa shape index (κ2) is 7.97. The van der Waals surface area contributed by atoms with Crippen molar-refractivity contribution in [3.05, 3.63) is 70.4 Å². The number of hydrogen-bond donors (Lipinski definition) is 2. The lowest BCUT2D eigenvalue weighted by atomic mass is 10.1. The summed E-state index contributed by atoms with van der Waals surface area (Å²) in [4.78, 5) is 36.8. The minimum absolute atomic E-state index is 0.301. The van der Waals surface area contributed by atoms with Crippen molar-refractivity contribution in [2.75, 3.05) is 10.6 Å². The van der Waals surface area contributed by atoms with E-state index >= 15 is 0 Å². The van der Waals surface area contributed by atoms with Gasteiger partial charge >= 0.3 is 11.9 Å². The molecule has 8 heteroatoms. The van der Waals surface area contributed by atoms with E-state index < -0.39 is 17.7 Å². The van der Waals surface area contributed by atoms with Crippen LogP contribution in [-0.2, 0) is 19.1 Å². The fraction of sp³-hybridized carbons (Fsp3) is 0.190.